The first kappa shape index (κ1) is 7.05. The topological polar surface area (TPSA) is 27.6 Å². The van der Waals surface area contributed by atoms with Crippen LogP contribution in [0.3, 0.4) is 0 Å². The number of rotatable bonds is 2. The highest BCUT2D eigenvalue weighted by Gasteiger charge is 1.99. The number of hydrogen-bond donors (Lipinski definition) is 1. The highest BCUT2D eigenvalue weighted by molar-refractivity contribution is 5.56. The summed E-state index contributed by atoms with van der Waals surface area (Å²) in [4.78, 5) is 3.91. The maximum Gasteiger partial charge on any atom is 0.107 e. The smallest absolute Gasteiger partial charge is 0.107 e. The molecule has 0 aliphatic carbocycles. The van der Waals surface area contributed by atoms with Crippen LogP contribution < -0.4 is 5.43 Å². The van der Waals surface area contributed by atoms with Gasteiger partial charge in [0.1, 0.15) is 6.34 Å². The van der Waals surface area contributed by atoms with Crippen molar-refractivity contribution in [1.82, 2.24) is 10.4 Å². The number of nitrogens with one attached hydrogen (secondary N) is 1. The molecule has 0 aromatic carbocycles. The fourth-order valence-corrected chi connectivity index (χ4v) is 0.723. The van der Waals surface area contributed by atoms with Crippen molar-refractivity contribution in [3.05, 3.63) is 11.9 Å². The van der Waals surface area contributed by atoms with Crippen LogP contribution in [0.5, 0.6) is 0 Å². The summed E-state index contributed by atoms with van der Waals surface area (Å²) in [7, 11) is 1.84. The van der Waals surface area contributed by atoms with Gasteiger partial charge in [-0.15, -0.1) is 0 Å². The minimum absolute atomic E-state index is 0.350. The third-order valence-corrected chi connectivity index (χ3v) is 1.19. The largest absolute Gasteiger partial charge is 0.296 e. The zero-order valence-electron chi connectivity index (χ0n) is 5.84. The Bertz CT molecular complexity index is 164. The van der Waals surface area contributed by atoms with E-state index in [1.807, 2.05) is 7.05 Å². The summed E-state index contributed by atoms with van der Waals surface area (Å²) in [5, 5.41) is 1.73. The van der Waals surface area contributed by atoms with Gasteiger partial charge in [0.25, 0.3) is 0 Å². The SMILES string of the molecule is CN1C=C(CCF)N=CN1. The predicted molar refractivity (Wildman–Crippen MR) is 38.1 cm³/mol. The Morgan fingerprint density at radius 1 is 1.80 bits per heavy atom. The molecule has 0 amide bonds. The zero-order valence-corrected chi connectivity index (χ0v) is 5.84. The molecule has 0 fully saturated rings. The molecule has 1 rings (SSSR count). The summed E-state index contributed by atoms with van der Waals surface area (Å²) in [5.41, 5.74) is 3.58. The number of alkyl halides is 1. The van der Waals surface area contributed by atoms with Crippen LogP contribution in [0.15, 0.2) is 16.9 Å². The van der Waals surface area contributed by atoms with Gasteiger partial charge in [0.15, 0.2) is 0 Å². The molecule has 1 aliphatic heterocycles. The lowest BCUT2D eigenvalue weighted by Crippen LogP contribution is -2.30. The molecule has 0 unspecified atom stereocenters. The van der Waals surface area contributed by atoms with Crippen LogP contribution in [0, 0.1) is 0 Å². The molecule has 0 saturated carbocycles. The van der Waals surface area contributed by atoms with Crippen molar-refractivity contribution in [3.63, 3.8) is 0 Å². The molecular weight excluding hydrogens is 133 g/mol. The zero-order chi connectivity index (χ0) is 7.40. The van der Waals surface area contributed by atoms with Crippen LogP contribution in [0.1, 0.15) is 6.42 Å². The molecule has 0 bridgehead atoms. The van der Waals surface area contributed by atoms with Crippen LogP contribution in [-0.2, 0) is 0 Å². The van der Waals surface area contributed by atoms with Gasteiger partial charge in [0, 0.05) is 19.7 Å². The van der Waals surface area contributed by atoms with E-state index in [-0.39, 0.29) is 6.67 Å². The van der Waals surface area contributed by atoms with Gasteiger partial charge < -0.3 is 0 Å². The van der Waals surface area contributed by atoms with Gasteiger partial charge in [0.2, 0.25) is 0 Å². The molecule has 0 radical (unpaired) electrons. The van der Waals surface area contributed by atoms with Gasteiger partial charge in [0.05, 0.1) is 12.4 Å². The van der Waals surface area contributed by atoms with Crippen molar-refractivity contribution in [2.75, 3.05) is 13.7 Å². The van der Waals surface area contributed by atoms with Crippen molar-refractivity contribution in [1.29, 1.82) is 0 Å². The summed E-state index contributed by atoms with van der Waals surface area (Å²) in [5.74, 6) is 0. The van der Waals surface area contributed by atoms with E-state index in [4.69, 9.17) is 0 Å². The van der Waals surface area contributed by atoms with Gasteiger partial charge in [-0.25, -0.2) is 4.99 Å². The summed E-state index contributed by atoms with van der Waals surface area (Å²) in [6.07, 6.45) is 3.70. The third-order valence-electron chi connectivity index (χ3n) is 1.19. The molecule has 0 saturated heterocycles. The average Bonchev–Trinajstić information content (AvgIpc) is 1.88. The van der Waals surface area contributed by atoms with E-state index in [1.165, 1.54) is 0 Å². The Balaban J connectivity index is 2.49. The van der Waals surface area contributed by atoms with E-state index < -0.39 is 0 Å². The average molecular weight is 143 g/mol. The molecule has 1 aliphatic rings. The first-order valence-electron chi connectivity index (χ1n) is 3.11. The maximum atomic E-state index is 11.8. The molecule has 4 heteroatoms. The number of nitrogens with zero attached hydrogens (tertiary/aromatic N) is 2. The van der Waals surface area contributed by atoms with Crippen LogP contribution in [0.4, 0.5) is 4.39 Å². The number of halogens is 1. The summed E-state index contributed by atoms with van der Waals surface area (Å²) in [6, 6.07) is 0. The fourth-order valence-electron chi connectivity index (χ4n) is 0.723. The van der Waals surface area contributed by atoms with Crippen molar-refractivity contribution in [3.8, 4) is 0 Å². The molecule has 0 aromatic heterocycles. The fraction of sp³-hybridized carbons (Fsp3) is 0.500. The van der Waals surface area contributed by atoms with Gasteiger partial charge in [-0.2, -0.15) is 0 Å². The Morgan fingerprint density at radius 3 is 3.20 bits per heavy atom. The third kappa shape index (κ3) is 1.72. The number of hydrogen-bond acceptors (Lipinski definition) is 3. The van der Waals surface area contributed by atoms with Gasteiger partial charge in [-0.05, 0) is 0 Å². The lowest BCUT2D eigenvalue weighted by molar-refractivity contribution is 0.397. The van der Waals surface area contributed by atoms with Gasteiger partial charge >= 0.3 is 0 Å². The Hall–Kier alpha value is -1.06. The van der Waals surface area contributed by atoms with Crippen LogP contribution >= 0.6 is 0 Å². The van der Waals surface area contributed by atoms with Crippen molar-refractivity contribution < 1.29 is 4.39 Å². The van der Waals surface area contributed by atoms with E-state index in [0.717, 1.165) is 5.70 Å². The number of hydrazine groups is 1. The van der Waals surface area contributed by atoms with Gasteiger partial charge in [-0.1, -0.05) is 0 Å². The first-order valence-corrected chi connectivity index (χ1v) is 3.11. The molecule has 0 aromatic rings. The number of aliphatic imine (C=N–C) groups is 1. The van der Waals surface area contributed by atoms with Crippen LogP contribution in [0.2, 0.25) is 0 Å². The van der Waals surface area contributed by atoms with E-state index in [1.54, 1.807) is 17.5 Å². The molecule has 0 atom stereocenters. The quantitative estimate of drug-likeness (QED) is 0.615. The lowest BCUT2D eigenvalue weighted by Gasteiger charge is -2.17. The highest BCUT2D eigenvalue weighted by atomic mass is 19.1. The van der Waals surface area contributed by atoms with E-state index >= 15 is 0 Å². The first-order chi connectivity index (χ1) is 4.83. The monoisotopic (exact) mass is 143 g/mol. The number of allylic oxidation sites excluding steroid dienone is 1. The molecule has 10 heavy (non-hydrogen) atoms. The second-order valence-corrected chi connectivity index (χ2v) is 2.06. The van der Waals surface area contributed by atoms with E-state index in [2.05, 4.69) is 10.4 Å². The van der Waals surface area contributed by atoms with Crippen molar-refractivity contribution in [2.45, 2.75) is 6.42 Å². The molecule has 3 nitrogen and oxygen atoms in total. The molecule has 1 heterocycles. The molecule has 0 spiro atoms. The molecule has 56 valence electrons. The molecular formula is C6H10FN3. The maximum absolute atomic E-state index is 11.8. The lowest BCUT2D eigenvalue weighted by atomic mass is 10.3. The Morgan fingerprint density at radius 2 is 2.60 bits per heavy atom. The van der Waals surface area contributed by atoms with Crippen LogP contribution in [0.25, 0.3) is 0 Å². The highest BCUT2D eigenvalue weighted by Crippen LogP contribution is 2.05. The summed E-state index contributed by atoms with van der Waals surface area (Å²) < 4.78 is 11.8. The van der Waals surface area contributed by atoms with Crippen molar-refractivity contribution >= 4 is 6.34 Å². The minimum atomic E-state index is -0.350. The normalized spacial score (nSPS) is 16.6. The van der Waals surface area contributed by atoms with Crippen molar-refractivity contribution in [2.24, 2.45) is 4.99 Å². The second kappa shape index (κ2) is 3.20. The Labute approximate surface area is 59.2 Å². The van der Waals surface area contributed by atoms with E-state index in [0.29, 0.717) is 6.42 Å². The van der Waals surface area contributed by atoms with Crippen LogP contribution in [-0.4, -0.2) is 25.1 Å². The predicted octanol–water partition coefficient (Wildman–Crippen LogP) is 0.666. The molecule has 1 N–H and O–H groups in total. The summed E-state index contributed by atoms with van der Waals surface area (Å²) >= 11 is 0. The second-order valence-electron chi connectivity index (χ2n) is 2.06. The minimum Gasteiger partial charge on any atom is -0.296 e. The summed E-state index contributed by atoms with van der Waals surface area (Å²) in [6.45, 7) is -0.350. The Kier molecular flexibility index (Phi) is 2.25. The van der Waals surface area contributed by atoms with Gasteiger partial charge in [-0.3, -0.25) is 14.8 Å². The standard InChI is InChI=1S/C6H10FN3/c1-10-4-6(2-3-7)8-5-9-10/h4-5H,2-3H2,1H3,(H,8,9). The van der Waals surface area contributed by atoms with E-state index in [9.17, 15) is 4.39 Å².